The molecule has 3 heterocycles. The highest BCUT2D eigenvalue weighted by Gasteiger charge is 2.25. The molecule has 1 fully saturated rings. The topological polar surface area (TPSA) is 42.5 Å². The Hall–Kier alpha value is -2.40. The van der Waals surface area contributed by atoms with Crippen molar-refractivity contribution in [3.05, 3.63) is 70.8 Å². The predicted octanol–water partition coefficient (Wildman–Crippen LogP) is 2.16. The smallest absolute Gasteiger partial charge is 0.281 e. The summed E-state index contributed by atoms with van der Waals surface area (Å²) in [7, 11) is 0. The summed E-state index contributed by atoms with van der Waals surface area (Å²) < 4.78 is 3.18. The number of hydrogen-bond donors (Lipinski definition) is 0. The molecule has 2 aromatic heterocycles. The van der Waals surface area contributed by atoms with E-state index in [0.717, 1.165) is 13.0 Å². The average molecular weight is 308 g/mol. The monoisotopic (exact) mass is 308 g/mol. The fourth-order valence-corrected chi connectivity index (χ4v) is 3.43. The highest BCUT2D eigenvalue weighted by atomic mass is 16.2. The average Bonchev–Trinajstić information content (AvgIpc) is 3.14. The van der Waals surface area contributed by atoms with Gasteiger partial charge >= 0.3 is 5.69 Å². The van der Waals surface area contributed by atoms with E-state index in [1.54, 1.807) is 15.3 Å². The van der Waals surface area contributed by atoms with Crippen molar-refractivity contribution in [2.24, 2.45) is 0 Å². The Bertz CT molecular complexity index is 852. The number of likely N-dealkylation sites (tertiary alicyclic amines) is 1. The van der Waals surface area contributed by atoms with Crippen LogP contribution in [0.3, 0.4) is 0 Å². The molecule has 5 nitrogen and oxygen atoms in total. The second-order valence-corrected chi connectivity index (χ2v) is 6.15. The van der Waals surface area contributed by atoms with Crippen LogP contribution in [-0.2, 0) is 13.1 Å². The van der Waals surface area contributed by atoms with E-state index in [4.69, 9.17) is 0 Å². The number of rotatable bonds is 4. The Morgan fingerprint density at radius 3 is 2.74 bits per heavy atom. The maximum atomic E-state index is 12.4. The van der Waals surface area contributed by atoms with Crippen LogP contribution in [0.4, 0.5) is 0 Å². The van der Waals surface area contributed by atoms with Crippen LogP contribution >= 0.6 is 0 Å². The number of aromatic nitrogens is 3. The van der Waals surface area contributed by atoms with Gasteiger partial charge in [-0.25, -0.2) is 4.79 Å². The second-order valence-electron chi connectivity index (χ2n) is 6.15. The summed E-state index contributed by atoms with van der Waals surface area (Å²) in [5.41, 5.74) is 1.99. The molecule has 1 unspecified atom stereocenters. The van der Waals surface area contributed by atoms with Crippen molar-refractivity contribution in [1.29, 1.82) is 0 Å². The molecule has 3 aromatic rings. The normalized spacial score (nSPS) is 18.7. The summed E-state index contributed by atoms with van der Waals surface area (Å²) in [6, 6.07) is 16.7. The highest BCUT2D eigenvalue weighted by Crippen LogP contribution is 2.21. The Morgan fingerprint density at radius 1 is 1.09 bits per heavy atom. The Morgan fingerprint density at radius 2 is 1.91 bits per heavy atom. The van der Waals surface area contributed by atoms with Crippen molar-refractivity contribution in [3.63, 3.8) is 0 Å². The molecule has 1 aliphatic heterocycles. The number of benzene rings is 1. The van der Waals surface area contributed by atoms with E-state index in [2.05, 4.69) is 34.3 Å². The molecule has 0 bridgehead atoms. The van der Waals surface area contributed by atoms with Crippen LogP contribution in [-0.4, -0.2) is 31.7 Å². The zero-order valence-electron chi connectivity index (χ0n) is 13.0. The van der Waals surface area contributed by atoms with Gasteiger partial charge in [-0.05, 0) is 37.0 Å². The Kier molecular flexibility index (Phi) is 3.71. The predicted molar refractivity (Wildman–Crippen MR) is 89.3 cm³/mol. The lowest BCUT2D eigenvalue weighted by Crippen LogP contribution is -2.37. The van der Waals surface area contributed by atoms with Gasteiger partial charge in [0.25, 0.3) is 0 Å². The molecule has 0 aliphatic carbocycles. The number of pyridine rings is 1. The van der Waals surface area contributed by atoms with Crippen molar-refractivity contribution >= 4 is 5.65 Å². The van der Waals surface area contributed by atoms with Crippen LogP contribution in [0, 0.1) is 0 Å². The molecule has 0 N–H and O–H groups in total. The van der Waals surface area contributed by atoms with Crippen molar-refractivity contribution < 1.29 is 0 Å². The van der Waals surface area contributed by atoms with Gasteiger partial charge in [0.2, 0.25) is 0 Å². The molecule has 4 rings (SSSR count). The molecular formula is C18H20N4O. The second kappa shape index (κ2) is 6.01. The lowest BCUT2D eigenvalue weighted by atomic mass is 10.0. The lowest BCUT2D eigenvalue weighted by Gasteiger charge is -2.23. The van der Waals surface area contributed by atoms with Gasteiger partial charge in [0.1, 0.15) is 0 Å². The van der Waals surface area contributed by atoms with E-state index < -0.39 is 0 Å². The fourth-order valence-electron chi connectivity index (χ4n) is 3.43. The zero-order valence-corrected chi connectivity index (χ0v) is 13.0. The first-order chi connectivity index (χ1) is 11.3. The molecule has 118 valence electrons. The maximum absolute atomic E-state index is 12.4. The summed E-state index contributed by atoms with van der Waals surface area (Å²) in [6.45, 7) is 1.59. The largest absolute Gasteiger partial charge is 0.351 e. The minimum Gasteiger partial charge on any atom is -0.281 e. The maximum Gasteiger partial charge on any atom is 0.351 e. The van der Waals surface area contributed by atoms with E-state index in [1.165, 1.54) is 18.4 Å². The third-order valence-corrected chi connectivity index (χ3v) is 4.62. The van der Waals surface area contributed by atoms with Crippen LogP contribution in [0.15, 0.2) is 59.5 Å². The van der Waals surface area contributed by atoms with Crippen molar-refractivity contribution in [3.8, 4) is 0 Å². The molecular weight excluding hydrogens is 288 g/mol. The quantitative estimate of drug-likeness (QED) is 0.742. The highest BCUT2D eigenvalue weighted by molar-refractivity contribution is 5.35. The van der Waals surface area contributed by atoms with Crippen LogP contribution in [0.2, 0.25) is 0 Å². The number of fused-ring (bicyclic) bond motifs is 1. The summed E-state index contributed by atoms with van der Waals surface area (Å²) >= 11 is 0. The number of hydrogen-bond acceptors (Lipinski definition) is 3. The van der Waals surface area contributed by atoms with Crippen LogP contribution < -0.4 is 5.69 Å². The summed E-state index contributed by atoms with van der Waals surface area (Å²) in [4.78, 5) is 14.8. The van der Waals surface area contributed by atoms with Gasteiger partial charge in [-0.1, -0.05) is 36.4 Å². The molecule has 1 atom stereocenters. The van der Waals surface area contributed by atoms with Crippen LogP contribution in [0.1, 0.15) is 18.4 Å². The molecule has 0 spiro atoms. The standard InChI is InChI=1S/C18H20N4O/c23-18-21-12-5-4-10-17(21)19-22(18)14-20-11-6-9-16(20)13-15-7-2-1-3-8-15/h1-5,7-8,10,12,16H,6,9,11,13-14H2. The molecule has 1 aromatic carbocycles. The van der Waals surface area contributed by atoms with E-state index >= 15 is 0 Å². The van der Waals surface area contributed by atoms with Gasteiger partial charge in [0.15, 0.2) is 5.65 Å². The Balaban J connectivity index is 1.55. The van der Waals surface area contributed by atoms with E-state index in [1.807, 2.05) is 24.3 Å². The zero-order chi connectivity index (χ0) is 15.6. The van der Waals surface area contributed by atoms with Gasteiger partial charge in [-0.2, -0.15) is 4.68 Å². The molecule has 23 heavy (non-hydrogen) atoms. The van der Waals surface area contributed by atoms with Gasteiger partial charge in [0, 0.05) is 18.8 Å². The van der Waals surface area contributed by atoms with Crippen molar-refractivity contribution in [2.75, 3.05) is 6.54 Å². The van der Waals surface area contributed by atoms with Crippen LogP contribution in [0.25, 0.3) is 5.65 Å². The first-order valence-electron chi connectivity index (χ1n) is 8.13. The molecule has 0 amide bonds. The molecule has 0 saturated carbocycles. The molecule has 1 aliphatic rings. The number of nitrogens with zero attached hydrogens (tertiary/aromatic N) is 4. The van der Waals surface area contributed by atoms with Gasteiger partial charge in [-0.15, -0.1) is 5.10 Å². The summed E-state index contributed by atoms with van der Waals surface area (Å²) in [6.07, 6.45) is 5.16. The first kappa shape index (κ1) is 14.2. The minimum absolute atomic E-state index is 0.0639. The Labute approximate surface area is 134 Å². The van der Waals surface area contributed by atoms with Crippen LogP contribution in [0.5, 0.6) is 0 Å². The summed E-state index contributed by atoms with van der Waals surface area (Å²) in [5.74, 6) is 0. The molecule has 5 heteroatoms. The fraction of sp³-hybridized carbons (Fsp3) is 0.333. The third kappa shape index (κ3) is 2.80. The van der Waals surface area contributed by atoms with Crippen molar-refractivity contribution in [1.82, 2.24) is 19.1 Å². The lowest BCUT2D eigenvalue weighted by molar-refractivity contribution is 0.186. The van der Waals surface area contributed by atoms with E-state index in [0.29, 0.717) is 18.4 Å². The molecule has 0 radical (unpaired) electrons. The minimum atomic E-state index is -0.0639. The van der Waals surface area contributed by atoms with Gasteiger partial charge in [0.05, 0.1) is 6.67 Å². The van der Waals surface area contributed by atoms with Gasteiger partial charge in [-0.3, -0.25) is 9.30 Å². The van der Waals surface area contributed by atoms with Gasteiger partial charge < -0.3 is 0 Å². The molecule has 1 saturated heterocycles. The summed E-state index contributed by atoms with van der Waals surface area (Å²) in [5, 5.41) is 4.44. The first-order valence-corrected chi connectivity index (χ1v) is 8.13. The van der Waals surface area contributed by atoms with Crippen molar-refractivity contribution in [2.45, 2.75) is 32.0 Å². The van der Waals surface area contributed by atoms with E-state index in [9.17, 15) is 4.79 Å². The third-order valence-electron chi connectivity index (χ3n) is 4.62. The SMILES string of the molecule is O=c1n(CN2CCCC2Cc2ccccc2)nc2ccccn12. The van der Waals surface area contributed by atoms with E-state index in [-0.39, 0.29) is 5.69 Å².